The van der Waals surface area contributed by atoms with Crippen LogP contribution in [0.2, 0.25) is 0 Å². The van der Waals surface area contributed by atoms with Crippen LogP contribution >= 0.6 is 0 Å². The Bertz CT molecular complexity index is 1030. The average molecular weight is 405 g/mol. The molecule has 2 atom stereocenters. The summed E-state index contributed by atoms with van der Waals surface area (Å²) in [5.74, 6) is 0.464. The van der Waals surface area contributed by atoms with Crippen LogP contribution in [-0.2, 0) is 0 Å². The Kier molecular flexibility index (Phi) is 4.65. The van der Waals surface area contributed by atoms with Crippen LogP contribution in [0.1, 0.15) is 47.2 Å². The fourth-order valence-corrected chi connectivity index (χ4v) is 5.31. The second-order valence-corrected chi connectivity index (χ2v) is 8.55. The van der Waals surface area contributed by atoms with Gasteiger partial charge in [0.2, 0.25) is 0 Å². The number of hydrogen-bond acceptors (Lipinski definition) is 5. The predicted molar refractivity (Wildman–Crippen MR) is 118 cm³/mol. The summed E-state index contributed by atoms with van der Waals surface area (Å²) >= 11 is 0. The third kappa shape index (κ3) is 3.02. The molecular weight excluding hydrogens is 378 g/mol. The fourth-order valence-electron chi connectivity index (χ4n) is 5.31. The van der Waals surface area contributed by atoms with Gasteiger partial charge in [-0.3, -0.25) is 5.01 Å². The number of benzene rings is 2. The minimum atomic E-state index is -0.942. The Balaban J connectivity index is 1.58. The Morgan fingerprint density at radius 3 is 2.70 bits per heavy atom. The summed E-state index contributed by atoms with van der Waals surface area (Å²) in [4.78, 5) is 11.4. The summed E-state index contributed by atoms with van der Waals surface area (Å²) in [5, 5.41) is 19.9. The molecule has 0 radical (unpaired) electrons. The highest BCUT2D eigenvalue weighted by Gasteiger charge is 2.46. The standard InChI is InChI=1S/C24H27N3O3/c1-14-11-17(8-10-20(14)25-2)27-23(15-5-3-4-6-15)19-13-30-21-12-16(24(28)29)7-9-18(21)22(19)26-27/h7-12,15,19,23,25H,3-6,13H2,1-2H3,(H,28,29). The number of carboxylic acids is 1. The van der Waals surface area contributed by atoms with Crippen LogP contribution in [0.3, 0.4) is 0 Å². The molecule has 6 nitrogen and oxygen atoms in total. The first-order valence-corrected chi connectivity index (χ1v) is 10.7. The van der Waals surface area contributed by atoms with Gasteiger partial charge in [0.15, 0.2) is 0 Å². The van der Waals surface area contributed by atoms with Crippen LogP contribution in [0.25, 0.3) is 0 Å². The van der Waals surface area contributed by atoms with E-state index in [1.807, 2.05) is 13.1 Å². The number of aromatic carboxylic acids is 1. The van der Waals surface area contributed by atoms with Crippen molar-refractivity contribution in [2.45, 2.75) is 38.6 Å². The number of hydrazone groups is 1. The van der Waals surface area contributed by atoms with Crippen LogP contribution in [0.5, 0.6) is 5.75 Å². The normalized spacial score (nSPS) is 22.9. The quantitative estimate of drug-likeness (QED) is 0.782. The van der Waals surface area contributed by atoms with Crippen molar-refractivity contribution in [3.63, 3.8) is 0 Å². The highest BCUT2D eigenvalue weighted by molar-refractivity contribution is 6.08. The first-order valence-electron chi connectivity index (χ1n) is 10.7. The zero-order chi connectivity index (χ0) is 20.8. The Morgan fingerprint density at radius 2 is 2.00 bits per heavy atom. The molecule has 2 aliphatic heterocycles. The number of carboxylic acid groups (broad SMARTS) is 1. The van der Waals surface area contributed by atoms with Crippen LogP contribution in [-0.4, -0.2) is 36.5 Å². The molecule has 2 aromatic rings. The van der Waals surface area contributed by atoms with Crippen molar-refractivity contribution in [3.05, 3.63) is 53.1 Å². The van der Waals surface area contributed by atoms with E-state index in [1.54, 1.807) is 12.1 Å². The number of hydrogen-bond donors (Lipinski definition) is 2. The summed E-state index contributed by atoms with van der Waals surface area (Å²) in [6, 6.07) is 11.8. The van der Waals surface area contributed by atoms with Gasteiger partial charge in [-0.05, 0) is 67.6 Å². The number of aryl methyl sites for hydroxylation is 1. The van der Waals surface area contributed by atoms with Crippen LogP contribution < -0.4 is 15.1 Å². The second-order valence-electron chi connectivity index (χ2n) is 8.55. The number of fused-ring (bicyclic) bond motifs is 3. The largest absolute Gasteiger partial charge is 0.492 e. The molecule has 3 aliphatic rings. The lowest BCUT2D eigenvalue weighted by molar-refractivity contribution is 0.0696. The third-order valence-corrected chi connectivity index (χ3v) is 6.81. The first kappa shape index (κ1) is 19.0. The van der Waals surface area contributed by atoms with E-state index < -0.39 is 5.97 Å². The van der Waals surface area contributed by atoms with Crippen LogP contribution in [0.15, 0.2) is 41.5 Å². The number of nitrogens with one attached hydrogen (secondary N) is 1. The second kappa shape index (κ2) is 7.35. The lowest BCUT2D eigenvalue weighted by Crippen LogP contribution is -2.43. The van der Waals surface area contributed by atoms with Crippen molar-refractivity contribution in [3.8, 4) is 5.75 Å². The molecule has 156 valence electrons. The Hall–Kier alpha value is -3.02. The topological polar surface area (TPSA) is 74.2 Å². The van der Waals surface area contributed by atoms with Crippen molar-refractivity contribution >= 4 is 23.1 Å². The molecule has 0 saturated heterocycles. The van der Waals surface area contributed by atoms with E-state index in [0.29, 0.717) is 18.3 Å². The summed E-state index contributed by atoms with van der Waals surface area (Å²) in [6.45, 7) is 2.65. The summed E-state index contributed by atoms with van der Waals surface area (Å²) in [5.41, 5.74) is 5.61. The SMILES string of the molecule is CNc1ccc(N2N=C3c4ccc(C(=O)O)cc4OCC3C2C2CCCC2)cc1C. The number of nitrogens with zero attached hydrogens (tertiary/aromatic N) is 2. The molecule has 0 aromatic heterocycles. The maximum absolute atomic E-state index is 11.4. The zero-order valence-electron chi connectivity index (χ0n) is 17.4. The van der Waals surface area contributed by atoms with Crippen molar-refractivity contribution in [2.75, 3.05) is 24.0 Å². The van der Waals surface area contributed by atoms with E-state index in [-0.39, 0.29) is 17.5 Å². The van der Waals surface area contributed by atoms with Crippen molar-refractivity contribution in [2.24, 2.45) is 16.9 Å². The monoisotopic (exact) mass is 405 g/mol. The van der Waals surface area contributed by atoms with Gasteiger partial charge in [-0.15, -0.1) is 0 Å². The first-order chi connectivity index (χ1) is 14.6. The van der Waals surface area contributed by atoms with E-state index in [2.05, 4.69) is 35.4 Å². The molecule has 0 bridgehead atoms. The average Bonchev–Trinajstić information content (AvgIpc) is 3.40. The predicted octanol–water partition coefficient (Wildman–Crippen LogP) is 4.53. The zero-order valence-corrected chi connectivity index (χ0v) is 17.4. The molecule has 2 N–H and O–H groups in total. The van der Waals surface area contributed by atoms with Gasteiger partial charge in [-0.25, -0.2) is 4.79 Å². The lowest BCUT2D eigenvalue weighted by atomic mass is 9.81. The molecule has 1 aliphatic carbocycles. The molecule has 0 spiro atoms. The lowest BCUT2D eigenvalue weighted by Gasteiger charge is -2.34. The summed E-state index contributed by atoms with van der Waals surface area (Å²) < 4.78 is 6.08. The third-order valence-electron chi connectivity index (χ3n) is 6.81. The number of ether oxygens (including phenoxy) is 1. The molecule has 1 saturated carbocycles. The van der Waals surface area contributed by atoms with E-state index in [0.717, 1.165) is 22.6 Å². The van der Waals surface area contributed by atoms with Gasteiger partial charge >= 0.3 is 5.97 Å². The van der Waals surface area contributed by atoms with Crippen molar-refractivity contribution in [1.82, 2.24) is 0 Å². The van der Waals surface area contributed by atoms with Gasteiger partial charge in [0.1, 0.15) is 5.75 Å². The molecule has 2 unspecified atom stereocenters. The maximum atomic E-state index is 11.4. The Labute approximate surface area is 176 Å². The smallest absolute Gasteiger partial charge is 0.335 e. The van der Waals surface area contributed by atoms with Crippen molar-refractivity contribution < 1.29 is 14.6 Å². The molecule has 0 amide bonds. The molecule has 6 heteroatoms. The summed E-state index contributed by atoms with van der Waals surface area (Å²) in [6.07, 6.45) is 4.99. The van der Waals surface area contributed by atoms with Gasteiger partial charge < -0.3 is 15.2 Å². The van der Waals surface area contributed by atoms with E-state index >= 15 is 0 Å². The maximum Gasteiger partial charge on any atom is 0.335 e. The number of anilines is 2. The Morgan fingerprint density at radius 1 is 1.20 bits per heavy atom. The molecule has 2 heterocycles. The number of rotatable bonds is 4. The van der Waals surface area contributed by atoms with Gasteiger partial charge in [-0.2, -0.15) is 5.10 Å². The van der Waals surface area contributed by atoms with E-state index in [4.69, 9.17) is 9.84 Å². The highest BCUT2D eigenvalue weighted by atomic mass is 16.5. The van der Waals surface area contributed by atoms with Crippen molar-refractivity contribution in [1.29, 1.82) is 0 Å². The van der Waals surface area contributed by atoms with Gasteiger partial charge in [0.05, 0.1) is 35.5 Å². The van der Waals surface area contributed by atoms with Gasteiger partial charge in [0.25, 0.3) is 0 Å². The van der Waals surface area contributed by atoms with E-state index in [9.17, 15) is 9.90 Å². The molecule has 1 fully saturated rings. The van der Waals surface area contributed by atoms with Crippen LogP contribution in [0, 0.1) is 18.8 Å². The van der Waals surface area contributed by atoms with Gasteiger partial charge in [0, 0.05) is 18.3 Å². The number of carbonyl (C=O) groups is 1. The minimum Gasteiger partial charge on any atom is -0.492 e. The molecule has 5 rings (SSSR count). The minimum absolute atomic E-state index is 0.195. The summed E-state index contributed by atoms with van der Waals surface area (Å²) in [7, 11) is 1.94. The molecular formula is C24H27N3O3. The molecule has 30 heavy (non-hydrogen) atoms. The highest BCUT2D eigenvalue weighted by Crippen LogP contribution is 2.44. The van der Waals surface area contributed by atoms with Crippen LogP contribution in [0.4, 0.5) is 11.4 Å². The van der Waals surface area contributed by atoms with E-state index in [1.165, 1.54) is 31.2 Å². The fraction of sp³-hybridized carbons (Fsp3) is 0.417. The van der Waals surface area contributed by atoms with Gasteiger partial charge in [-0.1, -0.05) is 12.8 Å². The molecule has 2 aromatic carbocycles.